The first-order chi connectivity index (χ1) is 8.95. The van der Waals surface area contributed by atoms with Crippen LogP contribution in [0.4, 0.5) is 0 Å². The molecule has 104 valence electrons. The highest BCUT2D eigenvalue weighted by molar-refractivity contribution is 5.92. The summed E-state index contributed by atoms with van der Waals surface area (Å²) in [7, 11) is 0. The molecule has 1 aromatic heterocycles. The predicted octanol–water partition coefficient (Wildman–Crippen LogP) is -2.44. The molecular formula is C11H14N2O6. The highest BCUT2D eigenvalue weighted by atomic mass is 16.6. The van der Waals surface area contributed by atoms with E-state index in [1.165, 1.54) is 6.07 Å². The van der Waals surface area contributed by atoms with Crippen LogP contribution in [0.1, 0.15) is 16.6 Å². The summed E-state index contributed by atoms with van der Waals surface area (Å²) >= 11 is 0. The molecule has 0 spiro atoms. The summed E-state index contributed by atoms with van der Waals surface area (Å²) < 4.78 is 6.16. The SMILES string of the molecule is NC(=O)c1ccc(=O)n([C@@H]2O[C@@H](CO)[C@@H](O)[C@H]2O)c1. The predicted molar refractivity (Wildman–Crippen MR) is 62.2 cm³/mol. The average molecular weight is 270 g/mol. The van der Waals surface area contributed by atoms with Crippen molar-refractivity contribution in [2.45, 2.75) is 24.5 Å². The van der Waals surface area contributed by atoms with Crippen LogP contribution in [-0.4, -0.2) is 50.7 Å². The number of rotatable bonds is 3. The lowest BCUT2D eigenvalue weighted by atomic mass is 10.1. The third-order valence-electron chi connectivity index (χ3n) is 3.01. The summed E-state index contributed by atoms with van der Waals surface area (Å²) in [6.45, 7) is -0.501. The highest BCUT2D eigenvalue weighted by Crippen LogP contribution is 2.28. The normalized spacial score (nSPS) is 30.5. The fourth-order valence-corrected chi connectivity index (χ4v) is 1.96. The average Bonchev–Trinajstić information content (AvgIpc) is 2.66. The Kier molecular flexibility index (Phi) is 3.67. The number of ether oxygens (including phenoxy) is 1. The van der Waals surface area contributed by atoms with E-state index in [1.807, 2.05) is 0 Å². The van der Waals surface area contributed by atoms with Gasteiger partial charge in [0.15, 0.2) is 6.23 Å². The highest BCUT2D eigenvalue weighted by Gasteiger charge is 2.43. The lowest BCUT2D eigenvalue weighted by Gasteiger charge is -2.17. The Morgan fingerprint density at radius 3 is 2.58 bits per heavy atom. The Bertz CT molecular complexity index is 542. The molecule has 0 aromatic carbocycles. The van der Waals surface area contributed by atoms with E-state index < -0.39 is 42.6 Å². The summed E-state index contributed by atoms with van der Waals surface area (Å²) in [5.41, 5.74) is 4.64. The summed E-state index contributed by atoms with van der Waals surface area (Å²) in [6, 6.07) is 2.36. The minimum atomic E-state index is -1.39. The monoisotopic (exact) mass is 270 g/mol. The number of nitrogens with zero attached hydrogens (tertiary/aromatic N) is 1. The summed E-state index contributed by atoms with van der Waals surface area (Å²) in [4.78, 5) is 22.8. The third kappa shape index (κ3) is 2.38. The van der Waals surface area contributed by atoms with Gasteiger partial charge < -0.3 is 25.8 Å². The van der Waals surface area contributed by atoms with Crippen molar-refractivity contribution < 1.29 is 24.9 Å². The van der Waals surface area contributed by atoms with Gasteiger partial charge >= 0.3 is 0 Å². The number of hydrogen-bond acceptors (Lipinski definition) is 6. The minimum absolute atomic E-state index is 0.0670. The molecule has 1 saturated heterocycles. The second-order valence-corrected chi connectivity index (χ2v) is 4.26. The molecule has 5 N–H and O–H groups in total. The molecule has 19 heavy (non-hydrogen) atoms. The van der Waals surface area contributed by atoms with E-state index in [0.29, 0.717) is 0 Å². The van der Waals surface area contributed by atoms with Crippen LogP contribution in [0.15, 0.2) is 23.1 Å². The molecule has 4 atom stereocenters. The van der Waals surface area contributed by atoms with Gasteiger partial charge in [-0.05, 0) is 6.07 Å². The van der Waals surface area contributed by atoms with Crippen molar-refractivity contribution in [1.29, 1.82) is 0 Å². The van der Waals surface area contributed by atoms with Gasteiger partial charge in [-0.3, -0.25) is 14.2 Å². The summed E-state index contributed by atoms with van der Waals surface area (Å²) in [5, 5.41) is 28.4. The summed E-state index contributed by atoms with van der Waals surface area (Å²) in [5.74, 6) is -0.736. The summed E-state index contributed by atoms with van der Waals surface area (Å²) in [6.07, 6.45) is -3.74. The van der Waals surface area contributed by atoms with Crippen LogP contribution in [0.25, 0.3) is 0 Å². The van der Waals surface area contributed by atoms with Gasteiger partial charge in [0, 0.05) is 12.3 Å². The van der Waals surface area contributed by atoms with Gasteiger partial charge in [-0.2, -0.15) is 0 Å². The second-order valence-electron chi connectivity index (χ2n) is 4.26. The van der Waals surface area contributed by atoms with Crippen molar-refractivity contribution in [2.24, 2.45) is 5.73 Å². The molecule has 0 bridgehead atoms. The van der Waals surface area contributed by atoms with Gasteiger partial charge in [0.05, 0.1) is 12.2 Å². The lowest BCUT2D eigenvalue weighted by molar-refractivity contribution is -0.0544. The van der Waals surface area contributed by atoms with Gasteiger partial charge in [0.1, 0.15) is 18.3 Å². The number of aliphatic hydroxyl groups excluding tert-OH is 3. The number of aromatic nitrogens is 1. The minimum Gasteiger partial charge on any atom is -0.394 e. The molecule has 0 unspecified atom stereocenters. The molecule has 1 aliphatic rings. The topological polar surface area (TPSA) is 135 Å². The molecule has 8 nitrogen and oxygen atoms in total. The molecule has 0 aliphatic carbocycles. The molecule has 2 heterocycles. The number of aliphatic hydroxyl groups is 3. The van der Waals surface area contributed by atoms with E-state index in [9.17, 15) is 19.8 Å². The number of hydrogen-bond donors (Lipinski definition) is 4. The number of primary amides is 1. The third-order valence-corrected chi connectivity index (χ3v) is 3.01. The Morgan fingerprint density at radius 2 is 2.05 bits per heavy atom. The zero-order valence-electron chi connectivity index (χ0n) is 9.84. The van der Waals surface area contributed by atoms with Crippen LogP contribution in [0.5, 0.6) is 0 Å². The van der Waals surface area contributed by atoms with Crippen molar-refractivity contribution in [2.75, 3.05) is 6.61 Å². The molecule has 1 amide bonds. The Labute approximate surface area is 107 Å². The zero-order valence-corrected chi connectivity index (χ0v) is 9.84. The van der Waals surface area contributed by atoms with Crippen LogP contribution in [0.2, 0.25) is 0 Å². The molecule has 0 radical (unpaired) electrons. The zero-order chi connectivity index (χ0) is 14.2. The van der Waals surface area contributed by atoms with E-state index in [-0.39, 0.29) is 5.56 Å². The second kappa shape index (κ2) is 5.10. The van der Waals surface area contributed by atoms with E-state index in [1.54, 1.807) is 0 Å². The van der Waals surface area contributed by atoms with E-state index in [2.05, 4.69) is 0 Å². The van der Waals surface area contributed by atoms with Crippen molar-refractivity contribution in [3.8, 4) is 0 Å². The number of pyridine rings is 1. The van der Waals surface area contributed by atoms with Crippen LogP contribution in [-0.2, 0) is 4.74 Å². The van der Waals surface area contributed by atoms with Crippen LogP contribution in [0.3, 0.4) is 0 Å². The number of nitrogens with two attached hydrogens (primary N) is 1. The van der Waals surface area contributed by atoms with E-state index in [0.717, 1.165) is 16.8 Å². The number of carbonyl (C=O) groups excluding carboxylic acids is 1. The standard InChI is InChI=1S/C11H14N2O6/c12-10(18)5-1-2-7(15)13(3-5)11-9(17)8(16)6(4-14)19-11/h1-3,6,8-9,11,14,16-17H,4H2,(H2,12,18)/t6-,8+,9+,11+/m0/s1. The Balaban J connectivity index is 2.39. The van der Waals surface area contributed by atoms with Crippen LogP contribution < -0.4 is 11.3 Å². The molecule has 1 fully saturated rings. The van der Waals surface area contributed by atoms with Gasteiger partial charge in [-0.1, -0.05) is 0 Å². The van der Waals surface area contributed by atoms with Crippen molar-refractivity contribution in [1.82, 2.24) is 4.57 Å². The van der Waals surface area contributed by atoms with Crippen molar-refractivity contribution in [3.63, 3.8) is 0 Å². The fourth-order valence-electron chi connectivity index (χ4n) is 1.96. The molecule has 8 heteroatoms. The molecular weight excluding hydrogens is 256 g/mol. The Morgan fingerprint density at radius 1 is 1.37 bits per heavy atom. The quantitative estimate of drug-likeness (QED) is 0.482. The lowest BCUT2D eigenvalue weighted by Crippen LogP contribution is -2.35. The van der Waals surface area contributed by atoms with E-state index in [4.69, 9.17) is 15.6 Å². The first kappa shape index (κ1) is 13.7. The molecule has 2 rings (SSSR count). The maximum Gasteiger partial charge on any atom is 0.252 e. The van der Waals surface area contributed by atoms with Crippen molar-refractivity contribution in [3.05, 3.63) is 34.2 Å². The molecule has 1 aromatic rings. The van der Waals surface area contributed by atoms with Gasteiger partial charge in [-0.25, -0.2) is 0 Å². The number of amides is 1. The number of carbonyl (C=O) groups is 1. The first-order valence-corrected chi connectivity index (χ1v) is 5.60. The van der Waals surface area contributed by atoms with Crippen molar-refractivity contribution >= 4 is 5.91 Å². The van der Waals surface area contributed by atoms with Gasteiger partial charge in [0.25, 0.3) is 5.56 Å². The van der Waals surface area contributed by atoms with E-state index >= 15 is 0 Å². The van der Waals surface area contributed by atoms with Crippen LogP contribution in [0, 0.1) is 0 Å². The first-order valence-electron chi connectivity index (χ1n) is 5.60. The largest absolute Gasteiger partial charge is 0.394 e. The maximum atomic E-state index is 11.7. The van der Waals surface area contributed by atoms with Crippen LogP contribution >= 0.6 is 0 Å². The molecule has 0 saturated carbocycles. The smallest absolute Gasteiger partial charge is 0.252 e. The fraction of sp³-hybridized carbons (Fsp3) is 0.455. The van der Waals surface area contributed by atoms with Gasteiger partial charge in [-0.15, -0.1) is 0 Å². The van der Waals surface area contributed by atoms with Gasteiger partial charge in [0.2, 0.25) is 5.91 Å². The maximum absolute atomic E-state index is 11.7. The molecule has 1 aliphatic heterocycles. The Hall–Kier alpha value is -1.74.